The largest absolute Gasteiger partial charge is 0.488 e. The van der Waals surface area contributed by atoms with E-state index in [1.54, 1.807) is 12.1 Å². The number of likely N-dealkylation sites (tertiary alicyclic amines) is 1. The van der Waals surface area contributed by atoms with Crippen LogP contribution >= 0.6 is 0 Å². The molecule has 1 N–H and O–H groups in total. The lowest BCUT2D eigenvalue weighted by Crippen LogP contribution is -2.52. The van der Waals surface area contributed by atoms with E-state index in [-0.39, 0.29) is 18.0 Å². The maximum absolute atomic E-state index is 12.9. The molecule has 1 aliphatic carbocycles. The van der Waals surface area contributed by atoms with Crippen molar-refractivity contribution in [3.05, 3.63) is 30.1 Å². The van der Waals surface area contributed by atoms with E-state index in [2.05, 4.69) is 4.90 Å². The van der Waals surface area contributed by atoms with Gasteiger partial charge in [0.15, 0.2) is 0 Å². The van der Waals surface area contributed by atoms with Crippen molar-refractivity contribution in [2.75, 3.05) is 13.1 Å². The molecule has 1 saturated heterocycles. The monoisotopic (exact) mass is 279 g/mol. The van der Waals surface area contributed by atoms with Crippen molar-refractivity contribution < 1.29 is 14.2 Å². The van der Waals surface area contributed by atoms with E-state index in [1.807, 2.05) is 0 Å². The number of hydrogen-bond donors (Lipinski definition) is 1. The minimum Gasteiger partial charge on any atom is -0.488 e. The predicted octanol–water partition coefficient (Wildman–Crippen LogP) is 2.58. The molecule has 4 heteroatoms. The van der Waals surface area contributed by atoms with Gasteiger partial charge in [-0.15, -0.1) is 0 Å². The molecule has 1 aliphatic heterocycles. The Labute approximate surface area is 119 Å². The molecule has 3 nitrogen and oxygen atoms in total. The second-order valence-corrected chi connectivity index (χ2v) is 5.84. The molecule has 1 aromatic carbocycles. The highest BCUT2D eigenvalue weighted by Crippen LogP contribution is 2.29. The molecule has 110 valence electrons. The molecular formula is C16H22FNO2. The highest BCUT2D eigenvalue weighted by atomic mass is 19.1. The van der Waals surface area contributed by atoms with Gasteiger partial charge in [0, 0.05) is 6.04 Å². The van der Waals surface area contributed by atoms with Crippen LogP contribution < -0.4 is 4.74 Å². The van der Waals surface area contributed by atoms with Crippen molar-refractivity contribution in [3.63, 3.8) is 0 Å². The second-order valence-electron chi connectivity index (χ2n) is 5.84. The van der Waals surface area contributed by atoms with Crippen LogP contribution in [0.5, 0.6) is 5.75 Å². The third-order valence-electron chi connectivity index (χ3n) is 4.47. The molecule has 0 unspecified atom stereocenters. The zero-order valence-electron chi connectivity index (χ0n) is 11.7. The Bertz CT molecular complexity index is 431. The van der Waals surface area contributed by atoms with E-state index in [9.17, 15) is 9.50 Å². The molecule has 1 aromatic rings. The summed E-state index contributed by atoms with van der Waals surface area (Å²) in [6.07, 6.45) is 4.81. The Kier molecular flexibility index (Phi) is 4.22. The number of halogens is 1. The van der Waals surface area contributed by atoms with Crippen molar-refractivity contribution in [2.45, 2.75) is 50.4 Å². The van der Waals surface area contributed by atoms with Gasteiger partial charge in [0.25, 0.3) is 0 Å². The lowest BCUT2D eigenvalue weighted by atomic mass is 9.89. The summed E-state index contributed by atoms with van der Waals surface area (Å²) in [6, 6.07) is 6.25. The summed E-state index contributed by atoms with van der Waals surface area (Å²) in [5, 5.41) is 10.6. The van der Waals surface area contributed by atoms with Crippen LogP contribution in [0, 0.1) is 5.82 Å². The average molecular weight is 279 g/mol. The van der Waals surface area contributed by atoms with E-state index in [0.29, 0.717) is 5.75 Å². The summed E-state index contributed by atoms with van der Waals surface area (Å²) in [4.78, 5) is 2.39. The lowest BCUT2D eigenvalue weighted by molar-refractivity contribution is -0.0479. The topological polar surface area (TPSA) is 32.7 Å². The zero-order valence-corrected chi connectivity index (χ0v) is 11.7. The minimum absolute atomic E-state index is 0.181. The molecule has 0 spiro atoms. The molecule has 0 amide bonds. The minimum atomic E-state index is -0.452. The third kappa shape index (κ3) is 2.96. The first-order valence-corrected chi connectivity index (χ1v) is 7.58. The van der Waals surface area contributed by atoms with Gasteiger partial charge in [-0.25, -0.2) is 4.39 Å². The van der Waals surface area contributed by atoms with Gasteiger partial charge in [-0.3, -0.25) is 4.90 Å². The lowest BCUT2D eigenvalue weighted by Gasteiger charge is -2.39. The van der Waals surface area contributed by atoms with Crippen molar-refractivity contribution in [2.24, 2.45) is 0 Å². The standard InChI is InChI=1S/C16H22FNO2/c17-12-6-8-13(9-7-12)20-15-5-3-4-14(16(15)19)18-10-1-2-11-18/h6-9,14-16,19H,1-5,10-11H2/t14-,15+,16+/m0/s1. The Morgan fingerprint density at radius 1 is 1.05 bits per heavy atom. The number of rotatable bonds is 3. The Balaban J connectivity index is 1.65. The number of benzene rings is 1. The molecule has 1 heterocycles. The molecule has 3 rings (SSSR count). The SMILES string of the molecule is O[C@H]1[C@H](Oc2ccc(F)cc2)CCC[C@@H]1N1CCCC1. The summed E-state index contributed by atoms with van der Waals surface area (Å²) in [6.45, 7) is 2.18. The van der Waals surface area contributed by atoms with Crippen LogP contribution in [-0.2, 0) is 0 Å². The Morgan fingerprint density at radius 3 is 2.45 bits per heavy atom. The van der Waals surface area contributed by atoms with E-state index in [4.69, 9.17) is 4.74 Å². The van der Waals surface area contributed by atoms with Gasteiger partial charge in [-0.1, -0.05) is 0 Å². The van der Waals surface area contributed by atoms with Gasteiger partial charge in [0.2, 0.25) is 0 Å². The molecule has 2 fully saturated rings. The van der Waals surface area contributed by atoms with Crippen molar-refractivity contribution in [1.29, 1.82) is 0 Å². The molecule has 2 aliphatic rings. The van der Waals surface area contributed by atoms with Crippen LogP contribution in [0.15, 0.2) is 24.3 Å². The first-order valence-electron chi connectivity index (χ1n) is 7.58. The van der Waals surface area contributed by atoms with Crippen molar-refractivity contribution >= 4 is 0 Å². The first kappa shape index (κ1) is 13.8. The zero-order chi connectivity index (χ0) is 13.9. The van der Waals surface area contributed by atoms with E-state index in [1.165, 1.54) is 25.0 Å². The number of hydrogen-bond acceptors (Lipinski definition) is 3. The van der Waals surface area contributed by atoms with Crippen molar-refractivity contribution in [1.82, 2.24) is 4.90 Å². The highest BCUT2D eigenvalue weighted by Gasteiger charge is 2.37. The predicted molar refractivity (Wildman–Crippen MR) is 75.3 cm³/mol. The van der Waals surface area contributed by atoms with Crippen LogP contribution in [-0.4, -0.2) is 41.3 Å². The van der Waals surface area contributed by atoms with Gasteiger partial charge in [0.1, 0.15) is 23.8 Å². The molecule has 0 radical (unpaired) electrons. The number of ether oxygens (including phenoxy) is 1. The van der Waals surface area contributed by atoms with Gasteiger partial charge in [0.05, 0.1) is 0 Å². The fraction of sp³-hybridized carbons (Fsp3) is 0.625. The van der Waals surface area contributed by atoms with Gasteiger partial charge in [-0.05, 0) is 69.5 Å². The number of nitrogens with zero attached hydrogens (tertiary/aromatic N) is 1. The van der Waals surface area contributed by atoms with E-state index < -0.39 is 6.10 Å². The maximum Gasteiger partial charge on any atom is 0.126 e. The summed E-state index contributed by atoms with van der Waals surface area (Å²) in [5.74, 6) is 0.369. The quantitative estimate of drug-likeness (QED) is 0.923. The van der Waals surface area contributed by atoms with Crippen LogP contribution in [0.2, 0.25) is 0 Å². The molecule has 1 saturated carbocycles. The van der Waals surface area contributed by atoms with Crippen LogP contribution in [0.4, 0.5) is 4.39 Å². The number of aliphatic hydroxyl groups is 1. The fourth-order valence-corrected chi connectivity index (χ4v) is 3.41. The number of aliphatic hydroxyl groups excluding tert-OH is 1. The molecular weight excluding hydrogens is 257 g/mol. The summed E-state index contributed by atoms with van der Waals surface area (Å²) in [7, 11) is 0. The van der Waals surface area contributed by atoms with Gasteiger partial charge in [-0.2, -0.15) is 0 Å². The Hall–Kier alpha value is -1.13. The van der Waals surface area contributed by atoms with Gasteiger partial charge >= 0.3 is 0 Å². The third-order valence-corrected chi connectivity index (χ3v) is 4.47. The van der Waals surface area contributed by atoms with Gasteiger partial charge < -0.3 is 9.84 Å². The fourth-order valence-electron chi connectivity index (χ4n) is 3.41. The van der Waals surface area contributed by atoms with E-state index in [0.717, 1.165) is 32.4 Å². The van der Waals surface area contributed by atoms with Crippen molar-refractivity contribution in [3.8, 4) is 5.75 Å². The Morgan fingerprint density at radius 2 is 1.75 bits per heavy atom. The summed E-state index contributed by atoms with van der Waals surface area (Å²) < 4.78 is 18.8. The maximum atomic E-state index is 12.9. The summed E-state index contributed by atoms with van der Waals surface area (Å²) >= 11 is 0. The molecule has 3 atom stereocenters. The second kappa shape index (κ2) is 6.10. The smallest absolute Gasteiger partial charge is 0.126 e. The normalized spacial score (nSPS) is 31.4. The van der Waals surface area contributed by atoms with E-state index >= 15 is 0 Å². The highest BCUT2D eigenvalue weighted by molar-refractivity contribution is 5.22. The first-order chi connectivity index (χ1) is 9.74. The molecule has 0 aromatic heterocycles. The van der Waals surface area contributed by atoms with Crippen LogP contribution in [0.25, 0.3) is 0 Å². The molecule has 20 heavy (non-hydrogen) atoms. The van der Waals surface area contributed by atoms with Crippen LogP contribution in [0.3, 0.4) is 0 Å². The summed E-state index contributed by atoms with van der Waals surface area (Å²) in [5.41, 5.74) is 0. The molecule has 0 bridgehead atoms. The van der Waals surface area contributed by atoms with Crippen LogP contribution in [0.1, 0.15) is 32.1 Å². The average Bonchev–Trinajstić information content (AvgIpc) is 2.97.